The van der Waals surface area contributed by atoms with Crippen molar-refractivity contribution in [1.29, 1.82) is 0 Å². The Labute approximate surface area is 222 Å². The maximum Gasteiger partial charge on any atom is 0.291 e. The lowest BCUT2D eigenvalue weighted by molar-refractivity contribution is 0.935. The van der Waals surface area contributed by atoms with Gasteiger partial charge in [-0.15, -0.1) is 10.2 Å². The van der Waals surface area contributed by atoms with Crippen LogP contribution in [0.15, 0.2) is 94.5 Å². The smallest absolute Gasteiger partial charge is 0.266 e. The first-order chi connectivity index (χ1) is 18.6. The van der Waals surface area contributed by atoms with E-state index in [1.807, 2.05) is 97.1 Å². The standard InChI is InChI=1S/C28H16N6O2S2/c35-25-21(14-17-8-3-1-4-9-17)37-27-29-23(31-33(25)27)19-12-7-13-20(16-19)24-30-28-34(32-24)26(36)22(38-28)15-18-10-5-2-6-11-18/h1-16H/b21-14+,22-15+. The molecule has 7 rings (SSSR count). The van der Waals surface area contributed by atoms with Crippen LogP contribution in [0.2, 0.25) is 0 Å². The number of nitrogens with zero attached hydrogens (tertiary/aromatic N) is 6. The third-order valence-electron chi connectivity index (χ3n) is 5.94. The summed E-state index contributed by atoms with van der Waals surface area (Å²) < 4.78 is 3.82. The van der Waals surface area contributed by atoms with Crippen LogP contribution >= 0.6 is 22.7 Å². The number of hydrogen-bond acceptors (Lipinski definition) is 8. The molecule has 38 heavy (non-hydrogen) atoms. The molecule has 0 atom stereocenters. The highest BCUT2D eigenvalue weighted by molar-refractivity contribution is 7.15. The van der Waals surface area contributed by atoms with E-state index in [0.717, 1.165) is 22.3 Å². The topological polar surface area (TPSA) is 94.5 Å². The average molecular weight is 533 g/mol. The van der Waals surface area contributed by atoms with Crippen LogP contribution in [0.5, 0.6) is 0 Å². The van der Waals surface area contributed by atoms with Gasteiger partial charge in [0.15, 0.2) is 11.6 Å². The van der Waals surface area contributed by atoms with Gasteiger partial charge in [0.25, 0.3) is 11.1 Å². The fraction of sp³-hybridized carbons (Fsp3) is 0. The van der Waals surface area contributed by atoms with Crippen molar-refractivity contribution in [3.05, 3.63) is 126 Å². The molecule has 10 heteroatoms. The number of hydrogen-bond donors (Lipinski definition) is 0. The molecule has 0 aliphatic heterocycles. The monoisotopic (exact) mass is 532 g/mol. The zero-order valence-corrected chi connectivity index (χ0v) is 21.2. The summed E-state index contributed by atoms with van der Waals surface area (Å²) in [4.78, 5) is 36.0. The van der Waals surface area contributed by atoms with Gasteiger partial charge in [-0.3, -0.25) is 9.59 Å². The molecular formula is C28H16N6O2S2. The van der Waals surface area contributed by atoms with Gasteiger partial charge in [0.05, 0.1) is 9.06 Å². The van der Waals surface area contributed by atoms with E-state index in [2.05, 4.69) is 20.2 Å². The minimum absolute atomic E-state index is 0.203. The first-order valence-corrected chi connectivity index (χ1v) is 13.3. The van der Waals surface area contributed by atoms with Crippen molar-refractivity contribution in [3.8, 4) is 22.8 Å². The molecule has 4 aromatic heterocycles. The van der Waals surface area contributed by atoms with Gasteiger partial charge >= 0.3 is 0 Å². The highest BCUT2D eigenvalue weighted by Gasteiger charge is 2.15. The molecule has 0 aliphatic carbocycles. The fourth-order valence-corrected chi connectivity index (χ4v) is 5.93. The van der Waals surface area contributed by atoms with Crippen molar-refractivity contribution in [2.24, 2.45) is 0 Å². The van der Waals surface area contributed by atoms with E-state index in [1.165, 1.54) is 31.7 Å². The molecule has 0 radical (unpaired) electrons. The van der Waals surface area contributed by atoms with E-state index in [4.69, 9.17) is 0 Å². The first kappa shape index (κ1) is 22.4. The van der Waals surface area contributed by atoms with E-state index in [1.54, 1.807) is 0 Å². The summed E-state index contributed by atoms with van der Waals surface area (Å²) in [5.74, 6) is 0.874. The number of benzene rings is 3. The Morgan fingerprint density at radius 3 is 1.45 bits per heavy atom. The van der Waals surface area contributed by atoms with Crippen LogP contribution in [0.4, 0.5) is 0 Å². The Morgan fingerprint density at radius 2 is 1.03 bits per heavy atom. The normalized spacial score (nSPS) is 12.7. The molecule has 8 nitrogen and oxygen atoms in total. The molecule has 0 unspecified atom stereocenters. The minimum atomic E-state index is -0.203. The van der Waals surface area contributed by atoms with Crippen LogP contribution in [0.1, 0.15) is 11.1 Å². The molecule has 0 aliphatic rings. The molecule has 3 aromatic carbocycles. The second-order valence-corrected chi connectivity index (χ2v) is 10.5. The molecular weight excluding hydrogens is 516 g/mol. The van der Waals surface area contributed by atoms with Crippen molar-refractivity contribution in [1.82, 2.24) is 29.2 Å². The predicted molar refractivity (Wildman–Crippen MR) is 149 cm³/mol. The molecule has 0 saturated carbocycles. The maximum atomic E-state index is 12.9. The number of aromatic nitrogens is 6. The third kappa shape index (κ3) is 3.92. The van der Waals surface area contributed by atoms with Crippen molar-refractivity contribution in [2.45, 2.75) is 0 Å². The molecule has 4 heterocycles. The summed E-state index contributed by atoms with van der Waals surface area (Å²) in [5.41, 5.74) is 2.94. The van der Waals surface area contributed by atoms with Crippen LogP contribution in [0.3, 0.4) is 0 Å². The van der Waals surface area contributed by atoms with E-state index in [0.29, 0.717) is 30.6 Å². The largest absolute Gasteiger partial charge is 0.291 e. The molecule has 7 aromatic rings. The molecule has 0 N–H and O–H groups in total. The van der Waals surface area contributed by atoms with Crippen molar-refractivity contribution >= 4 is 44.7 Å². The lowest BCUT2D eigenvalue weighted by Gasteiger charge is -1.98. The Bertz CT molecular complexity index is 2030. The zero-order valence-electron chi connectivity index (χ0n) is 19.6. The second kappa shape index (κ2) is 8.94. The van der Waals surface area contributed by atoms with Crippen molar-refractivity contribution in [3.63, 3.8) is 0 Å². The van der Waals surface area contributed by atoms with Crippen LogP contribution in [0, 0.1) is 0 Å². The van der Waals surface area contributed by atoms with Gasteiger partial charge in [-0.1, -0.05) is 102 Å². The lowest BCUT2D eigenvalue weighted by Crippen LogP contribution is -2.23. The highest BCUT2D eigenvalue weighted by Crippen LogP contribution is 2.23. The fourth-order valence-electron chi connectivity index (χ4n) is 4.11. The van der Waals surface area contributed by atoms with Gasteiger partial charge in [0.1, 0.15) is 0 Å². The van der Waals surface area contributed by atoms with Gasteiger partial charge < -0.3 is 0 Å². The van der Waals surface area contributed by atoms with E-state index < -0.39 is 0 Å². The molecule has 0 bridgehead atoms. The van der Waals surface area contributed by atoms with Crippen LogP contribution < -0.4 is 20.2 Å². The lowest BCUT2D eigenvalue weighted by atomic mass is 10.1. The second-order valence-electron chi connectivity index (χ2n) is 8.49. The summed E-state index contributed by atoms with van der Waals surface area (Å²) in [6.07, 6.45) is 3.68. The molecule has 0 saturated heterocycles. The summed E-state index contributed by atoms with van der Waals surface area (Å²) in [7, 11) is 0. The maximum absolute atomic E-state index is 12.9. The molecule has 0 spiro atoms. The van der Waals surface area contributed by atoms with E-state index in [-0.39, 0.29) is 11.1 Å². The first-order valence-electron chi connectivity index (χ1n) is 11.7. The average Bonchev–Trinajstić information content (AvgIpc) is 3.69. The Morgan fingerprint density at radius 1 is 0.579 bits per heavy atom. The quantitative estimate of drug-likeness (QED) is 0.346. The van der Waals surface area contributed by atoms with Gasteiger partial charge in [0, 0.05) is 11.1 Å². The molecule has 182 valence electrons. The Hall–Kier alpha value is -4.80. The molecule has 0 fully saturated rings. The summed E-state index contributed by atoms with van der Waals surface area (Å²) in [6, 6.07) is 26.8. The summed E-state index contributed by atoms with van der Waals surface area (Å²) in [6.45, 7) is 0. The van der Waals surface area contributed by atoms with Gasteiger partial charge in [-0.25, -0.2) is 0 Å². The number of rotatable bonds is 4. The zero-order chi connectivity index (χ0) is 25.6. The SMILES string of the molecule is O=c1/c(=C\c2ccccc2)sc2nc(-c3cccc(-c4nc5s/c(=C/c6ccccc6)c(=O)n5n4)c3)nn12. The third-order valence-corrected chi connectivity index (χ3v) is 7.86. The Kier molecular flexibility index (Phi) is 5.27. The highest BCUT2D eigenvalue weighted by atomic mass is 32.1. The van der Waals surface area contributed by atoms with Crippen LogP contribution in [-0.2, 0) is 0 Å². The Balaban J connectivity index is 1.24. The van der Waals surface area contributed by atoms with Crippen LogP contribution in [0.25, 0.3) is 44.8 Å². The van der Waals surface area contributed by atoms with E-state index in [9.17, 15) is 9.59 Å². The molecule has 0 amide bonds. The predicted octanol–water partition coefficient (Wildman–Crippen LogP) is 3.04. The van der Waals surface area contributed by atoms with Crippen molar-refractivity contribution < 1.29 is 0 Å². The minimum Gasteiger partial charge on any atom is -0.266 e. The van der Waals surface area contributed by atoms with Crippen LogP contribution in [-0.4, -0.2) is 29.2 Å². The summed E-state index contributed by atoms with van der Waals surface area (Å²) >= 11 is 2.60. The van der Waals surface area contributed by atoms with Crippen molar-refractivity contribution in [2.75, 3.05) is 0 Å². The van der Waals surface area contributed by atoms with Gasteiger partial charge in [0.2, 0.25) is 9.92 Å². The number of fused-ring (bicyclic) bond motifs is 2. The summed E-state index contributed by atoms with van der Waals surface area (Å²) in [5, 5.41) is 8.93. The number of thiazole rings is 2. The van der Waals surface area contributed by atoms with Gasteiger partial charge in [-0.05, 0) is 29.3 Å². The van der Waals surface area contributed by atoms with E-state index >= 15 is 0 Å². The van der Waals surface area contributed by atoms with Gasteiger partial charge in [-0.2, -0.15) is 19.0 Å².